The Bertz CT molecular complexity index is 1380. The van der Waals surface area contributed by atoms with Gasteiger partial charge < -0.3 is 0 Å². The van der Waals surface area contributed by atoms with Crippen LogP contribution in [0.4, 0.5) is 5.69 Å². The van der Waals surface area contributed by atoms with E-state index in [1.807, 2.05) is 66.1 Å². The highest BCUT2D eigenvalue weighted by molar-refractivity contribution is 7.99. The lowest BCUT2D eigenvalue weighted by molar-refractivity contribution is -0.384. The standard InChI is InChI=1S/C25H22N6O3S/c1-17-11-13-21(14-12-17)30-24(19-7-4-3-5-8-19)28-29-25(30)35-16-23(32)27-26-18(2)20-9-6-10-22(15-20)31(33)34/h3-15H,16H2,1-2H3,(H,27,32). The second-order valence-electron chi connectivity index (χ2n) is 7.67. The molecular weight excluding hydrogens is 464 g/mol. The Balaban J connectivity index is 1.50. The molecule has 1 heterocycles. The number of carbonyl (C=O) groups excluding carboxylic acids is 1. The molecular formula is C25H22N6O3S. The Labute approximate surface area is 206 Å². The molecule has 0 aliphatic rings. The Kier molecular flexibility index (Phi) is 7.32. The maximum Gasteiger partial charge on any atom is 0.270 e. The summed E-state index contributed by atoms with van der Waals surface area (Å²) in [5.41, 5.74) is 6.42. The second kappa shape index (κ2) is 10.7. The number of carbonyl (C=O) groups is 1. The van der Waals surface area contributed by atoms with Gasteiger partial charge in [-0.05, 0) is 26.0 Å². The number of hydrazone groups is 1. The zero-order valence-corrected chi connectivity index (χ0v) is 19.9. The molecule has 4 rings (SSSR count). The number of hydrogen-bond donors (Lipinski definition) is 1. The summed E-state index contributed by atoms with van der Waals surface area (Å²) in [5, 5.41) is 24.3. The predicted molar refractivity (Wildman–Crippen MR) is 136 cm³/mol. The molecule has 176 valence electrons. The monoisotopic (exact) mass is 486 g/mol. The van der Waals surface area contributed by atoms with Gasteiger partial charge in [0.1, 0.15) is 0 Å². The van der Waals surface area contributed by atoms with E-state index in [-0.39, 0.29) is 17.3 Å². The van der Waals surface area contributed by atoms with Crippen molar-refractivity contribution >= 4 is 29.1 Å². The molecule has 0 radical (unpaired) electrons. The molecule has 3 aromatic carbocycles. The molecule has 0 aliphatic carbocycles. The zero-order valence-electron chi connectivity index (χ0n) is 19.1. The highest BCUT2D eigenvalue weighted by Crippen LogP contribution is 2.28. The Hall–Kier alpha value is -4.31. The normalized spacial score (nSPS) is 11.3. The van der Waals surface area contributed by atoms with Crippen LogP contribution < -0.4 is 5.43 Å². The fraction of sp³-hybridized carbons (Fsp3) is 0.120. The average molecular weight is 487 g/mol. The predicted octanol–water partition coefficient (Wildman–Crippen LogP) is 4.78. The van der Waals surface area contributed by atoms with E-state index in [1.54, 1.807) is 19.1 Å². The van der Waals surface area contributed by atoms with Crippen molar-refractivity contribution in [1.29, 1.82) is 0 Å². The van der Waals surface area contributed by atoms with Gasteiger partial charge >= 0.3 is 0 Å². The van der Waals surface area contributed by atoms with Crippen molar-refractivity contribution in [2.24, 2.45) is 5.10 Å². The topological polar surface area (TPSA) is 115 Å². The number of aryl methyl sites for hydroxylation is 1. The molecule has 9 nitrogen and oxygen atoms in total. The lowest BCUT2D eigenvalue weighted by Crippen LogP contribution is -2.21. The van der Waals surface area contributed by atoms with Crippen molar-refractivity contribution in [2.45, 2.75) is 19.0 Å². The number of thioether (sulfide) groups is 1. The quantitative estimate of drug-likeness (QED) is 0.166. The van der Waals surface area contributed by atoms with E-state index in [2.05, 4.69) is 20.7 Å². The second-order valence-corrected chi connectivity index (χ2v) is 8.61. The lowest BCUT2D eigenvalue weighted by atomic mass is 10.1. The molecule has 0 saturated carbocycles. The van der Waals surface area contributed by atoms with Gasteiger partial charge in [0.05, 0.1) is 16.4 Å². The van der Waals surface area contributed by atoms with Crippen LogP contribution >= 0.6 is 11.8 Å². The van der Waals surface area contributed by atoms with Crippen LogP contribution in [0, 0.1) is 17.0 Å². The average Bonchev–Trinajstić information content (AvgIpc) is 3.31. The molecule has 0 bridgehead atoms. The van der Waals surface area contributed by atoms with Crippen molar-refractivity contribution in [3.63, 3.8) is 0 Å². The van der Waals surface area contributed by atoms with Crippen molar-refractivity contribution in [3.05, 3.63) is 100 Å². The highest BCUT2D eigenvalue weighted by atomic mass is 32.2. The van der Waals surface area contributed by atoms with Crippen LogP contribution in [0.5, 0.6) is 0 Å². The maximum atomic E-state index is 12.5. The minimum atomic E-state index is -0.472. The molecule has 10 heteroatoms. The van der Waals surface area contributed by atoms with Crippen molar-refractivity contribution in [2.75, 3.05) is 5.75 Å². The molecule has 0 atom stereocenters. The third-order valence-electron chi connectivity index (χ3n) is 5.11. The van der Waals surface area contributed by atoms with Gasteiger partial charge in [-0.15, -0.1) is 10.2 Å². The number of nitrogens with zero attached hydrogens (tertiary/aromatic N) is 5. The molecule has 35 heavy (non-hydrogen) atoms. The number of nitro benzene ring substituents is 1. The largest absolute Gasteiger partial charge is 0.272 e. The molecule has 0 unspecified atom stereocenters. The van der Waals surface area contributed by atoms with E-state index in [0.717, 1.165) is 16.8 Å². The number of aromatic nitrogens is 3. The Morgan fingerprint density at radius 3 is 2.51 bits per heavy atom. The smallest absolute Gasteiger partial charge is 0.270 e. The Morgan fingerprint density at radius 2 is 1.80 bits per heavy atom. The molecule has 0 spiro atoms. The number of benzene rings is 3. The van der Waals surface area contributed by atoms with E-state index >= 15 is 0 Å². The van der Waals surface area contributed by atoms with Crippen LogP contribution in [0.25, 0.3) is 17.1 Å². The van der Waals surface area contributed by atoms with Gasteiger partial charge in [0, 0.05) is 28.9 Å². The molecule has 0 fully saturated rings. The van der Waals surface area contributed by atoms with Gasteiger partial charge in [-0.2, -0.15) is 5.10 Å². The first-order chi connectivity index (χ1) is 16.9. The van der Waals surface area contributed by atoms with E-state index in [1.165, 1.54) is 23.9 Å². The van der Waals surface area contributed by atoms with Gasteiger partial charge in [0.15, 0.2) is 11.0 Å². The summed E-state index contributed by atoms with van der Waals surface area (Å²) in [5.74, 6) is 0.404. The van der Waals surface area contributed by atoms with E-state index in [9.17, 15) is 14.9 Å². The molecule has 0 saturated heterocycles. The van der Waals surface area contributed by atoms with Crippen LogP contribution in [0.15, 0.2) is 89.1 Å². The number of nitrogens with one attached hydrogen (secondary N) is 1. The van der Waals surface area contributed by atoms with Gasteiger partial charge in [-0.3, -0.25) is 19.5 Å². The summed E-state index contributed by atoms with van der Waals surface area (Å²) in [6.07, 6.45) is 0. The third-order valence-corrected chi connectivity index (χ3v) is 6.04. The molecule has 4 aromatic rings. The molecule has 0 aliphatic heterocycles. The first kappa shape index (κ1) is 23.8. The number of amides is 1. The summed E-state index contributed by atoms with van der Waals surface area (Å²) in [6, 6.07) is 23.8. The first-order valence-corrected chi connectivity index (χ1v) is 11.7. The van der Waals surface area contributed by atoms with E-state index in [4.69, 9.17) is 0 Å². The molecule has 1 aromatic heterocycles. The van der Waals surface area contributed by atoms with Crippen LogP contribution in [0.2, 0.25) is 0 Å². The SMILES string of the molecule is CC(=NNC(=O)CSc1nnc(-c2ccccc2)n1-c1ccc(C)cc1)c1cccc([N+](=O)[O-])c1. The van der Waals surface area contributed by atoms with Gasteiger partial charge in [-0.25, -0.2) is 5.43 Å². The van der Waals surface area contributed by atoms with Crippen molar-refractivity contribution in [1.82, 2.24) is 20.2 Å². The lowest BCUT2D eigenvalue weighted by Gasteiger charge is -2.10. The van der Waals surface area contributed by atoms with Gasteiger partial charge in [0.2, 0.25) is 0 Å². The summed E-state index contributed by atoms with van der Waals surface area (Å²) in [4.78, 5) is 23.0. The van der Waals surface area contributed by atoms with Crippen LogP contribution in [-0.2, 0) is 4.79 Å². The highest BCUT2D eigenvalue weighted by Gasteiger charge is 2.17. The molecule has 1 amide bonds. The molecule has 1 N–H and O–H groups in total. The summed E-state index contributed by atoms with van der Waals surface area (Å²) in [6.45, 7) is 3.69. The summed E-state index contributed by atoms with van der Waals surface area (Å²) >= 11 is 1.24. The minimum absolute atomic E-state index is 0.0383. The number of rotatable bonds is 8. The van der Waals surface area contributed by atoms with Gasteiger partial charge in [-0.1, -0.05) is 71.9 Å². The van der Waals surface area contributed by atoms with Crippen LogP contribution in [0.1, 0.15) is 18.1 Å². The number of hydrogen-bond acceptors (Lipinski definition) is 7. The van der Waals surface area contributed by atoms with Crippen molar-refractivity contribution < 1.29 is 9.72 Å². The maximum absolute atomic E-state index is 12.5. The number of non-ortho nitro benzene ring substituents is 1. The minimum Gasteiger partial charge on any atom is -0.272 e. The van der Waals surface area contributed by atoms with Gasteiger partial charge in [0.25, 0.3) is 11.6 Å². The van der Waals surface area contributed by atoms with Crippen LogP contribution in [0.3, 0.4) is 0 Å². The third kappa shape index (κ3) is 5.79. The zero-order chi connectivity index (χ0) is 24.8. The fourth-order valence-corrected chi connectivity index (χ4v) is 4.03. The first-order valence-electron chi connectivity index (χ1n) is 10.7. The van der Waals surface area contributed by atoms with E-state index < -0.39 is 4.92 Å². The summed E-state index contributed by atoms with van der Waals surface area (Å²) < 4.78 is 1.92. The van der Waals surface area contributed by atoms with Crippen molar-refractivity contribution in [3.8, 4) is 17.1 Å². The Morgan fingerprint density at radius 1 is 1.06 bits per heavy atom. The van der Waals surface area contributed by atoms with E-state index in [0.29, 0.717) is 22.3 Å². The van der Waals surface area contributed by atoms with Crippen LogP contribution in [-0.4, -0.2) is 37.1 Å². The fourth-order valence-electron chi connectivity index (χ4n) is 3.28. The summed E-state index contributed by atoms with van der Waals surface area (Å²) in [7, 11) is 0. The number of nitro groups is 1.